The molecule has 3 aromatic rings. The van der Waals surface area contributed by atoms with Gasteiger partial charge < -0.3 is 5.32 Å². The van der Waals surface area contributed by atoms with Crippen molar-refractivity contribution in [3.8, 4) is 0 Å². The number of carbonyl (C=O) groups is 1. The third kappa shape index (κ3) is 2.70. The van der Waals surface area contributed by atoms with Crippen LogP contribution in [0.3, 0.4) is 0 Å². The van der Waals surface area contributed by atoms with Crippen molar-refractivity contribution in [1.82, 2.24) is 19.8 Å². The summed E-state index contributed by atoms with van der Waals surface area (Å²) in [5.74, 6) is -0.523. The quantitative estimate of drug-likeness (QED) is 0.789. The topological polar surface area (TPSA) is 72.2 Å². The Morgan fingerprint density at radius 1 is 1.24 bits per heavy atom. The number of anilines is 1. The maximum Gasteiger partial charge on any atom is 0.416 e. The molecule has 0 unspecified atom stereocenters. The van der Waals surface area contributed by atoms with E-state index in [9.17, 15) is 18.0 Å². The van der Waals surface area contributed by atoms with Crippen LogP contribution in [0.15, 0.2) is 30.6 Å². The predicted octanol–water partition coefficient (Wildman–Crippen LogP) is 2.46. The van der Waals surface area contributed by atoms with Gasteiger partial charge >= 0.3 is 6.18 Å². The number of hydrogen-bond donors (Lipinski definition) is 1. The van der Waals surface area contributed by atoms with Gasteiger partial charge in [-0.1, -0.05) is 11.3 Å². The Morgan fingerprint density at radius 3 is 2.57 bits per heavy atom. The molecular formula is C11H6F3N5OS. The Bertz CT molecular complexity index is 764. The van der Waals surface area contributed by atoms with Crippen molar-refractivity contribution in [2.24, 2.45) is 0 Å². The number of aromatic nitrogens is 4. The molecule has 0 aliphatic heterocycles. The van der Waals surface area contributed by atoms with Crippen LogP contribution in [-0.2, 0) is 6.18 Å². The van der Waals surface area contributed by atoms with Crippen molar-refractivity contribution in [2.75, 3.05) is 5.32 Å². The molecule has 10 heteroatoms. The second-order valence-corrected chi connectivity index (χ2v) is 4.95. The standard InChI is InChI=1S/C11H6F3N5OS/c12-11(13,14)6-1-3-7(4-2-6)16-8(20)9-18-19-5-15-17-10(19)21-9/h1-5H,(H,16,20). The molecule has 0 saturated heterocycles. The number of rotatable bonds is 2. The van der Waals surface area contributed by atoms with Gasteiger partial charge in [-0.15, -0.1) is 15.3 Å². The van der Waals surface area contributed by atoms with Crippen LogP contribution in [0.1, 0.15) is 15.4 Å². The van der Waals surface area contributed by atoms with Crippen LogP contribution in [0.25, 0.3) is 4.96 Å². The molecule has 0 aliphatic carbocycles. The summed E-state index contributed by atoms with van der Waals surface area (Å²) in [5.41, 5.74) is -0.529. The van der Waals surface area contributed by atoms with Crippen molar-refractivity contribution in [3.05, 3.63) is 41.2 Å². The Hall–Kier alpha value is -2.49. The second kappa shape index (κ2) is 4.81. The SMILES string of the molecule is O=C(Nc1ccc(C(F)(F)F)cc1)c1nn2cnnc2s1. The molecule has 0 aliphatic rings. The van der Waals surface area contributed by atoms with Gasteiger partial charge in [0.1, 0.15) is 6.33 Å². The summed E-state index contributed by atoms with van der Waals surface area (Å²) in [4.78, 5) is 12.4. The van der Waals surface area contributed by atoms with E-state index in [2.05, 4.69) is 20.6 Å². The molecule has 1 aromatic carbocycles. The molecular weight excluding hydrogens is 307 g/mol. The molecule has 0 fully saturated rings. The maximum atomic E-state index is 12.4. The van der Waals surface area contributed by atoms with E-state index in [1.807, 2.05) is 0 Å². The summed E-state index contributed by atoms with van der Waals surface area (Å²) in [6.07, 6.45) is -3.06. The van der Waals surface area contributed by atoms with E-state index in [1.165, 1.54) is 23.0 Å². The molecule has 0 atom stereocenters. The van der Waals surface area contributed by atoms with Crippen molar-refractivity contribution in [1.29, 1.82) is 0 Å². The largest absolute Gasteiger partial charge is 0.416 e. The van der Waals surface area contributed by atoms with Crippen LogP contribution in [0.4, 0.5) is 18.9 Å². The zero-order chi connectivity index (χ0) is 15.0. The van der Waals surface area contributed by atoms with Gasteiger partial charge in [0.05, 0.1) is 5.56 Å². The smallest absolute Gasteiger partial charge is 0.320 e. The van der Waals surface area contributed by atoms with Gasteiger partial charge in [0.15, 0.2) is 0 Å². The lowest BCUT2D eigenvalue weighted by Gasteiger charge is -2.07. The fourth-order valence-corrected chi connectivity index (χ4v) is 2.29. The molecule has 0 radical (unpaired) electrons. The molecule has 1 N–H and O–H groups in total. The van der Waals surface area contributed by atoms with E-state index in [-0.39, 0.29) is 10.7 Å². The molecule has 0 saturated carbocycles. The summed E-state index contributed by atoms with van der Waals surface area (Å²) in [7, 11) is 0. The van der Waals surface area contributed by atoms with E-state index in [0.717, 1.165) is 23.5 Å². The molecule has 108 valence electrons. The van der Waals surface area contributed by atoms with Crippen molar-refractivity contribution < 1.29 is 18.0 Å². The highest BCUT2D eigenvalue weighted by Gasteiger charge is 2.30. The molecule has 0 spiro atoms. The first-order valence-electron chi connectivity index (χ1n) is 5.59. The summed E-state index contributed by atoms with van der Waals surface area (Å²) in [6, 6.07) is 4.16. The van der Waals surface area contributed by atoms with Crippen LogP contribution in [0.2, 0.25) is 0 Å². The van der Waals surface area contributed by atoms with E-state index in [0.29, 0.717) is 4.96 Å². The van der Waals surface area contributed by atoms with Crippen molar-refractivity contribution in [2.45, 2.75) is 6.18 Å². The number of halogens is 3. The number of nitrogens with zero attached hydrogens (tertiary/aromatic N) is 4. The summed E-state index contributed by atoms with van der Waals surface area (Å²) in [6.45, 7) is 0. The van der Waals surface area contributed by atoms with E-state index in [1.54, 1.807) is 0 Å². The first-order valence-corrected chi connectivity index (χ1v) is 6.40. The van der Waals surface area contributed by atoms with Gasteiger partial charge in [0.2, 0.25) is 9.97 Å². The third-order valence-electron chi connectivity index (χ3n) is 2.55. The lowest BCUT2D eigenvalue weighted by molar-refractivity contribution is -0.137. The van der Waals surface area contributed by atoms with Crippen LogP contribution in [-0.4, -0.2) is 25.7 Å². The summed E-state index contributed by atoms with van der Waals surface area (Å²) < 4.78 is 38.6. The van der Waals surface area contributed by atoms with Crippen molar-refractivity contribution in [3.63, 3.8) is 0 Å². The van der Waals surface area contributed by atoms with Crippen LogP contribution >= 0.6 is 11.3 Å². The molecule has 1 amide bonds. The minimum atomic E-state index is -4.41. The van der Waals surface area contributed by atoms with E-state index in [4.69, 9.17) is 0 Å². The van der Waals surface area contributed by atoms with Gasteiger partial charge in [0, 0.05) is 5.69 Å². The van der Waals surface area contributed by atoms with Crippen LogP contribution in [0, 0.1) is 0 Å². The second-order valence-electron chi connectivity index (χ2n) is 3.99. The fraction of sp³-hybridized carbons (Fsp3) is 0.0909. The average molecular weight is 313 g/mol. The summed E-state index contributed by atoms with van der Waals surface area (Å²) >= 11 is 1.02. The zero-order valence-electron chi connectivity index (χ0n) is 10.1. The Kier molecular flexibility index (Phi) is 3.09. The normalized spacial score (nSPS) is 11.8. The zero-order valence-corrected chi connectivity index (χ0v) is 10.9. The highest BCUT2D eigenvalue weighted by molar-refractivity contribution is 7.18. The number of amides is 1. The Labute approximate surface area is 119 Å². The summed E-state index contributed by atoms with van der Waals surface area (Å²) in [5, 5.41) is 13.9. The number of nitrogens with one attached hydrogen (secondary N) is 1. The molecule has 21 heavy (non-hydrogen) atoms. The number of alkyl halides is 3. The van der Waals surface area contributed by atoms with Gasteiger partial charge in [-0.05, 0) is 24.3 Å². The highest BCUT2D eigenvalue weighted by atomic mass is 32.1. The average Bonchev–Trinajstić information content (AvgIpc) is 2.98. The van der Waals surface area contributed by atoms with E-state index < -0.39 is 17.6 Å². The van der Waals surface area contributed by atoms with Gasteiger partial charge in [-0.3, -0.25) is 4.79 Å². The fourth-order valence-electron chi connectivity index (χ4n) is 1.58. The number of hydrogen-bond acceptors (Lipinski definition) is 5. The van der Waals surface area contributed by atoms with Crippen LogP contribution in [0.5, 0.6) is 0 Å². The number of fused-ring (bicyclic) bond motifs is 1. The van der Waals surface area contributed by atoms with Crippen molar-refractivity contribution >= 4 is 27.9 Å². The molecule has 3 rings (SSSR count). The minimum absolute atomic E-state index is 0.139. The van der Waals surface area contributed by atoms with Gasteiger partial charge in [0.25, 0.3) is 5.91 Å². The van der Waals surface area contributed by atoms with Gasteiger partial charge in [-0.2, -0.15) is 17.7 Å². The molecule has 2 aromatic heterocycles. The van der Waals surface area contributed by atoms with E-state index >= 15 is 0 Å². The monoisotopic (exact) mass is 313 g/mol. The number of carbonyl (C=O) groups excluding carboxylic acids is 1. The van der Waals surface area contributed by atoms with Gasteiger partial charge in [-0.25, -0.2) is 0 Å². The Balaban J connectivity index is 1.76. The first-order chi connectivity index (χ1) is 9.93. The lowest BCUT2D eigenvalue weighted by atomic mass is 10.2. The van der Waals surface area contributed by atoms with Crippen LogP contribution < -0.4 is 5.32 Å². The highest BCUT2D eigenvalue weighted by Crippen LogP contribution is 2.29. The first kappa shape index (κ1) is 13.5. The lowest BCUT2D eigenvalue weighted by Crippen LogP contribution is -2.12. The predicted molar refractivity (Wildman–Crippen MR) is 68.1 cm³/mol. The minimum Gasteiger partial charge on any atom is -0.320 e. The Morgan fingerprint density at radius 2 is 1.95 bits per heavy atom. The molecule has 2 heterocycles. The third-order valence-corrected chi connectivity index (χ3v) is 3.46. The molecule has 6 nitrogen and oxygen atoms in total. The maximum absolute atomic E-state index is 12.4. The number of benzene rings is 1. The molecule has 0 bridgehead atoms.